The van der Waals surface area contributed by atoms with Crippen LogP contribution >= 0.6 is 0 Å². The number of hydrogen-bond donors (Lipinski definition) is 2. The molecule has 0 radical (unpaired) electrons. The predicted molar refractivity (Wildman–Crippen MR) is 142 cm³/mol. The Kier molecular flexibility index (Phi) is 8.61. The molecule has 0 bridgehead atoms. The van der Waals surface area contributed by atoms with Crippen LogP contribution in [0.1, 0.15) is 64.5 Å². The molecule has 2 heterocycles. The lowest BCUT2D eigenvalue weighted by Gasteiger charge is -2.16. The second kappa shape index (κ2) is 12.2. The van der Waals surface area contributed by atoms with Crippen molar-refractivity contribution in [1.29, 1.82) is 0 Å². The second-order valence-corrected chi connectivity index (χ2v) is 9.34. The summed E-state index contributed by atoms with van der Waals surface area (Å²) in [7, 11) is 0. The highest BCUT2D eigenvalue weighted by atomic mass is 16.2. The molecule has 6 heteroatoms. The second-order valence-electron chi connectivity index (χ2n) is 9.34. The van der Waals surface area contributed by atoms with E-state index < -0.39 is 12.1 Å². The minimum absolute atomic E-state index is 0.213. The molecule has 0 spiro atoms. The third kappa shape index (κ3) is 6.06. The summed E-state index contributed by atoms with van der Waals surface area (Å²) in [5.41, 5.74) is 5.46. The maximum Gasteiger partial charge on any atom is 0.307 e. The molecular weight excluding hydrogens is 448 g/mol. The SMILES string of the molecule is CCCCC(C(=O)NNC(=O)C(CCCC)[n+]1ccc2ccccc2c1)[n+]1ccc2ccccc2c1. The molecule has 0 saturated heterocycles. The van der Waals surface area contributed by atoms with E-state index in [2.05, 4.69) is 36.8 Å². The van der Waals surface area contributed by atoms with Gasteiger partial charge < -0.3 is 0 Å². The van der Waals surface area contributed by atoms with Crippen LogP contribution in [0.15, 0.2) is 85.5 Å². The Labute approximate surface area is 212 Å². The molecule has 36 heavy (non-hydrogen) atoms. The number of nitrogens with one attached hydrogen (secondary N) is 2. The highest BCUT2D eigenvalue weighted by Crippen LogP contribution is 2.16. The third-order valence-electron chi connectivity index (χ3n) is 6.72. The van der Waals surface area contributed by atoms with Crippen LogP contribution in [0.4, 0.5) is 0 Å². The van der Waals surface area contributed by atoms with E-state index in [1.165, 1.54) is 0 Å². The van der Waals surface area contributed by atoms with Gasteiger partial charge in [-0.15, -0.1) is 0 Å². The number of aromatic nitrogens is 2. The number of unbranched alkanes of at least 4 members (excludes halogenated alkanes) is 2. The van der Waals surface area contributed by atoms with Gasteiger partial charge in [-0.1, -0.05) is 63.1 Å². The van der Waals surface area contributed by atoms with Crippen LogP contribution in [0.25, 0.3) is 21.5 Å². The number of benzene rings is 2. The lowest BCUT2D eigenvalue weighted by atomic mass is 10.1. The molecule has 0 saturated carbocycles. The van der Waals surface area contributed by atoms with Crippen LogP contribution in [-0.4, -0.2) is 11.8 Å². The van der Waals surface area contributed by atoms with Gasteiger partial charge in [0.1, 0.15) is 0 Å². The van der Waals surface area contributed by atoms with E-state index in [0.29, 0.717) is 12.8 Å². The quantitative estimate of drug-likeness (QED) is 0.249. The average molecular weight is 485 g/mol. The fraction of sp³-hybridized carbons (Fsp3) is 0.333. The van der Waals surface area contributed by atoms with E-state index in [1.54, 1.807) is 0 Å². The first-order valence-electron chi connectivity index (χ1n) is 13.0. The smallest absolute Gasteiger partial charge is 0.265 e. The van der Waals surface area contributed by atoms with Crippen LogP contribution in [0.3, 0.4) is 0 Å². The zero-order valence-corrected chi connectivity index (χ0v) is 21.2. The molecule has 2 amide bonds. The summed E-state index contributed by atoms with van der Waals surface area (Å²) >= 11 is 0. The molecule has 2 aromatic heterocycles. The van der Waals surface area contributed by atoms with Crippen molar-refractivity contribution in [3.05, 3.63) is 85.5 Å². The number of nitrogens with zero attached hydrogens (tertiary/aromatic N) is 2. The molecule has 2 atom stereocenters. The number of amides is 2. The molecule has 2 N–H and O–H groups in total. The van der Waals surface area contributed by atoms with Crippen molar-refractivity contribution in [2.45, 2.75) is 64.5 Å². The predicted octanol–water partition coefficient (Wildman–Crippen LogP) is 4.88. The molecule has 0 aliphatic heterocycles. The van der Waals surface area contributed by atoms with Crippen LogP contribution < -0.4 is 20.0 Å². The number of pyridine rings is 2. The summed E-state index contributed by atoms with van der Waals surface area (Å²) < 4.78 is 3.90. The number of hydrogen-bond acceptors (Lipinski definition) is 2. The molecule has 2 unspecified atom stereocenters. The topological polar surface area (TPSA) is 66.0 Å². The van der Waals surface area contributed by atoms with Gasteiger partial charge in [-0.2, -0.15) is 9.13 Å². The molecule has 4 rings (SSSR count). The molecule has 4 aromatic rings. The van der Waals surface area contributed by atoms with E-state index >= 15 is 0 Å². The zero-order valence-electron chi connectivity index (χ0n) is 21.2. The van der Waals surface area contributed by atoms with E-state index in [4.69, 9.17) is 0 Å². The Hall–Kier alpha value is -3.80. The molecule has 186 valence electrons. The normalized spacial score (nSPS) is 12.8. The van der Waals surface area contributed by atoms with Crippen molar-refractivity contribution in [3.8, 4) is 0 Å². The Morgan fingerprint density at radius 2 is 1.03 bits per heavy atom. The molecule has 0 aliphatic rings. The first-order valence-corrected chi connectivity index (χ1v) is 13.0. The maximum absolute atomic E-state index is 13.3. The van der Waals surface area contributed by atoms with E-state index in [1.807, 2.05) is 82.5 Å². The zero-order chi connectivity index (χ0) is 25.3. The van der Waals surface area contributed by atoms with Crippen molar-refractivity contribution >= 4 is 33.4 Å². The molecule has 6 nitrogen and oxygen atoms in total. The molecule has 2 aromatic carbocycles. The fourth-order valence-electron chi connectivity index (χ4n) is 4.60. The first kappa shape index (κ1) is 25.3. The van der Waals surface area contributed by atoms with Crippen LogP contribution in [0.2, 0.25) is 0 Å². The van der Waals surface area contributed by atoms with Crippen molar-refractivity contribution in [3.63, 3.8) is 0 Å². The Balaban J connectivity index is 1.50. The molecular formula is C30H36N4O2+2. The summed E-state index contributed by atoms with van der Waals surface area (Å²) in [4.78, 5) is 26.6. The van der Waals surface area contributed by atoms with Gasteiger partial charge in [0, 0.05) is 35.7 Å². The highest BCUT2D eigenvalue weighted by Gasteiger charge is 2.31. The standard InChI is InChI=1S/C30H34N4O2/c1-3-5-15-27(33-19-17-23-11-7-9-13-25(23)21-33)29(35)31-32-30(36)28(16-6-4-2)34-20-18-24-12-8-10-14-26(24)22-34/h7-14,17-22,27-28H,3-6,15-16H2,1-2H3/p+2. The minimum Gasteiger partial charge on any atom is -0.265 e. The fourth-order valence-corrected chi connectivity index (χ4v) is 4.60. The highest BCUT2D eigenvalue weighted by molar-refractivity contribution is 5.85. The number of carbonyl (C=O) groups is 2. The van der Waals surface area contributed by atoms with E-state index in [-0.39, 0.29) is 11.8 Å². The number of rotatable bonds is 10. The minimum atomic E-state index is -0.405. The summed E-state index contributed by atoms with van der Waals surface area (Å²) in [6.45, 7) is 4.22. The van der Waals surface area contributed by atoms with Gasteiger partial charge in [-0.3, -0.25) is 20.4 Å². The van der Waals surface area contributed by atoms with Gasteiger partial charge in [-0.05, 0) is 35.7 Å². The van der Waals surface area contributed by atoms with E-state index in [9.17, 15) is 9.59 Å². The summed E-state index contributed by atoms with van der Waals surface area (Å²) in [5, 5.41) is 4.40. The number of hydrazine groups is 1. The summed E-state index contributed by atoms with van der Waals surface area (Å²) in [5.74, 6) is -0.426. The van der Waals surface area contributed by atoms with Crippen molar-refractivity contribution < 1.29 is 18.7 Å². The van der Waals surface area contributed by atoms with Crippen LogP contribution in [0, 0.1) is 0 Å². The van der Waals surface area contributed by atoms with Crippen molar-refractivity contribution in [2.24, 2.45) is 0 Å². The summed E-state index contributed by atoms with van der Waals surface area (Å²) in [6.07, 6.45) is 13.1. The Morgan fingerprint density at radius 3 is 1.42 bits per heavy atom. The monoisotopic (exact) mass is 484 g/mol. The van der Waals surface area contributed by atoms with Gasteiger partial charge in [0.2, 0.25) is 12.1 Å². The maximum atomic E-state index is 13.3. The van der Waals surface area contributed by atoms with Crippen LogP contribution in [-0.2, 0) is 9.59 Å². The first-order chi connectivity index (χ1) is 17.6. The summed E-state index contributed by atoms with van der Waals surface area (Å²) in [6, 6.07) is 19.4. The van der Waals surface area contributed by atoms with Gasteiger partial charge in [0.25, 0.3) is 0 Å². The Bertz CT molecular complexity index is 1230. The molecule has 0 aliphatic carbocycles. The van der Waals surface area contributed by atoms with Crippen molar-refractivity contribution in [2.75, 3.05) is 0 Å². The lowest BCUT2D eigenvalue weighted by Crippen LogP contribution is -2.56. The average Bonchev–Trinajstić information content (AvgIpc) is 2.92. The van der Waals surface area contributed by atoms with Gasteiger partial charge in [0.05, 0.1) is 0 Å². The van der Waals surface area contributed by atoms with Gasteiger partial charge in [0.15, 0.2) is 24.8 Å². The Morgan fingerprint density at radius 1 is 0.639 bits per heavy atom. The van der Waals surface area contributed by atoms with Crippen LogP contribution in [0.5, 0.6) is 0 Å². The number of fused-ring (bicyclic) bond motifs is 2. The third-order valence-corrected chi connectivity index (χ3v) is 6.72. The van der Waals surface area contributed by atoms with Gasteiger partial charge >= 0.3 is 11.8 Å². The van der Waals surface area contributed by atoms with Gasteiger partial charge in [-0.25, -0.2) is 0 Å². The number of carbonyl (C=O) groups excluding carboxylic acids is 2. The lowest BCUT2D eigenvalue weighted by molar-refractivity contribution is -0.709. The van der Waals surface area contributed by atoms with Crippen molar-refractivity contribution in [1.82, 2.24) is 10.9 Å². The van der Waals surface area contributed by atoms with E-state index in [0.717, 1.165) is 47.2 Å². The largest absolute Gasteiger partial charge is 0.307 e. The molecule has 0 fully saturated rings.